The average molecular weight is 270 g/mol. The molecule has 1 heterocycles. The van der Waals surface area contributed by atoms with Crippen LogP contribution in [-0.4, -0.2) is 11.0 Å². The van der Waals surface area contributed by atoms with E-state index in [1.165, 1.54) is 18.4 Å². The van der Waals surface area contributed by atoms with Crippen LogP contribution in [0.2, 0.25) is 0 Å². The van der Waals surface area contributed by atoms with Crippen molar-refractivity contribution in [2.45, 2.75) is 51.1 Å². The Morgan fingerprint density at radius 2 is 2.05 bits per heavy atom. The molecule has 20 heavy (non-hydrogen) atoms. The SMILES string of the molecule is CCc1nc(CNC2CC(C)(c3ccccc3)C2)co1. The lowest BCUT2D eigenvalue weighted by Gasteiger charge is -2.46. The molecule has 1 N–H and O–H groups in total. The van der Waals surface area contributed by atoms with Crippen molar-refractivity contribution in [2.24, 2.45) is 0 Å². The quantitative estimate of drug-likeness (QED) is 0.904. The third-order valence-corrected chi connectivity index (χ3v) is 4.34. The molecule has 1 aromatic heterocycles. The smallest absolute Gasteiger partial charge is 0.193 e. The van der Waals surface area contributed by atoms with Crippen molar-refractivity contribution in [2.75, 3.05) is 0 Å². The van der Waals surface area contributed by atoms with Crippen LogP contribution in [0.1, 0.15) is 43.8 Å². The maximum Gasteiger partial charge on any atom is 0.193 e. The lowest BCUT2D eigenvalue weighted by Crippen LogP contribution is -2.49. The summed E-state index contributed by atoms with van der Waals surface area (Å²) in [6.45, 7) is 5.21. The summed E-state index contributed by atoms with van der Waals surface area (Å²) in [6, 6.07) is 11.4. The first-order valence-electron chi connectivity index (χ1n) is 7.42. The predicted molar refractivity (Wildman–Crippen MR) is 79.5 cm³/mol. The normalized spacial score (nSPS) is 25.4. The zero-order chi connectivity index (χ0) is 14.0. The number of aryl methyl sites for hydroxylation is 1. The average Bonchev–Trinajstić information content (AvgIpc) is 2.91. The largest absolute Gasteiger partial charge is 0.449 e. The Morgan fingerprint density at radius 3 is 2.70 bits per heavy atom. The van der Waals surface area contributed by atoms with Crippen molar-refractivity contribution < 1.29 is 4.42 Å². The van der Waals surface area contributed by atoms with Gasteiger partial charge in [0.2, 0.25) is 0 Å². The lowest BCUT2D eigenvalue weighted by atomic mass is 9.63. The molecular formula is C17H22N2O. The molecule has 2 aromatic rings. The fourth-order valence-corrected chi connectivity index (χ4v) is 3.09. The standard InChI is InChI=1S/C17H22N2O/c1-3-16-19-15(12-20-16)11-18-14-9-17(2,10-14)13-7-5-4-6-8-13/h4-8,12,14,18H,3,9-11H2,1-2H3. The van der Waals surface area contributed by atoms with Crippen LogP contribution >= 0.6 is 0 Å². The van der Waals surface area contributed by atoms with Gasteiger partial charge in [0.15, 0.2) is 5.89 Å². The molecule has 1 aliphatic carbocycles. The van der Waals surface area contributed by atoms with Gasteiger partial charge in [-0.15, -0.1) is 0 Å². The molecule has 0 bridgehead atoms. The molecular weight excluding hydrogens is 248 g/mol. The highest BCUT2D eigenvalue weighted by Gasteiger charge is 2.41. The predicted octanol–water partition coefficient (Wildman–Crippen LogP) is 3.45. The van der Waals surface area contributed by atoms with Gasteiger partial charge in [-0.1, -0.05) is 44.2 Å². The van der Waals surface area contributed by atoms with E-state index in [-0.39, 0.29) is 0 Å². The summed E-state index contributed by atoms with van der Waals surface area (Å²) in [5.74, 6) is 0.824. The number of nitrogens with zero attached hydrogens (tertiary/aromatic N) is 1. The number of aromatic nitrogens is 1. The summed E-state index contributed by atoms with van der Waals surface area (Å²) in [6.07, 6.45) is 5.00. The summed E-state index contributed by atoms with van der Waals surface area (Å²) < 4.78 is 5.36. The molecule has 0 aliphatic heterocycles. The summed E-state index contributed by atoms with van der Waals surface area (Å²) in [7, 11) is 0. The van der Waals surface area contributed by atoms with Crippen molar-refractivity contribution in [1.82, 2.24) is 10.3 Å². The van der Waals surface area contributed by atoms with E-state index in [1.54, 1.807) is 6.26 Å². The van der Waals surface area contributed by atoms with Crippen LogP contribution < -0.4 is 5.32 Å². The van der Waals surface area contributed by atoms with E-state index in [4.69, 9.17) is 4.42 Å². The minimum absolute atomic E-state index is 0.331. The number of hydrogen-bond donors (Lipinski definition) is 1. The Morgan fingerprint density at radius 1 is 1.30 bits per heavy atom. The lowest BCUT2D eigenvalue weighted by molar-refractivity contribution is 0.188. The van der Waals surface area contributed by atoms with Crippen molar-refractivity contribution >= 4 is 0 Å². The third-order valence-electron chi connectivity index (χ3n) is 4.34. The highest BCUT2D eigenvalue weighted by molar-refractivity contribution is 5.28. The highest BCUT2D eigenvalue weighted by Crippen LogP contribution is 2.43. The second-order valence-electron chi connectivity index (χ2n) is 6.00. The van der Waals surface area contributed by atoms with Crippen LogP contribution in [0.5, 0.6) is 0 Å². The van der Waals surface area contributed by atoms with E-state index >= 15 is 0 Å². The van der Waals surface area contributed by atoms with E-state index in [2.05, 4.69) is 54.5 Å². The third kappa shape index (κ3) is 2.63. The summed E-state index contributed by atoms with van der Waals surface area (Å²) in [5.41, 5.74) is 2.79. The van der Waals surface area contributed by atoms with E-state index in [9.17, 15) is 0 Å². The van der Waals surface area contributed by atoms with Crippen molar-refractivity contribution in [1.29, 1.82) is 0 Å². The van der Waals surface area contributed by atoms with E-state index in [0.29, 0.717) is 11.5 Å². The zero-order valence-corrected chi connectivity index (χ0v) is 12.2. The number of oxazole rings is 1. The van der Waals surface area contributed by atoms with Crippen LogP contribution in [-0.2, 0) is 18.4 Å². The molecule has 0 saturated heterocycles. The van der Waals surface area contributed by atoms with Crippen molar-refractivity contribution in [3.8, 4) is 0 Å². The number of nitrogens with one attached hydrogen (secondary N) is 1. The maximum absolute atomic E-state index is 5.36. The fraction of sp³-hybridized carbons (Fsp3) is 0.471. The molecule has 0 unspecified atom stereocenters. The first-order valence-corrected chi connectivity index (χ1v) is 7.42. The second kappa shape index (κ2) is 5.41. The molecule has 0 radical (unpaired) electrons. The molecule has 0 atom stereocenters. The molecule has 1 aromatic carbocycles. The molecule has 0 spiro atoms. The van der Waals surface area contributed by atoms with Crippen LogP contribution in [0.15, 0.2) is 41.0 Å². The first-order chi connectivity index (χ1) is 9.69. The van der Waals surface area contributed by atoms with Gasteiger partial charge in [-0.3, -0.25) is 0 Å². The Balaban J connectivity index is 1.51. The minimum atomic E-state index is 0.331. The molecule has 1 saturated carbocycles. The van der Waals surface area contributed by atoms with Gasteiger partial charge in [0, 0.05) is 19.0 Å². The van der Waals surface area contributed by atoms with Gasteiger partial charge in [0.1, 0.15) is 6.26 Å². The van der Waals surface area contributed by atoms with E-state index < -0.39 is 0 Å². The van der Waals surface area contributed by atoms with E-state index in [0.717, 1.165) is 24.6 Å². The minimum Gasteiger partial charge on any atom is -0.449 e. The highest BCUT2D eigenvalue weighted by atomic mass is 16.3. The van der Waals surface area contributed by atoms with Gasteiger partial charge >= 0.3 is 0 Å². The van der Waals surface area contributed by atoms with Gasteiger partial charge < -0.3 is 9.73 Å². The number of benzene rings is 1. The fourth-order valence-electron chi connectivity index (χ4n) is 3.09. The van der Waals surface area contributed by atoms with Gasteiger partial charge in [-0.05, 0) is 23.8 Å². The molecule has 1 aliphatic rings. The van der Waals surface area contributed by atoms with Crippen molar-refractivity contribution in [3.63, 3.8) is 0 Å². The monoisotopic (exact) mass is 270 g/mol. The van der Waals surface area contributed by atoms with Crippen LogP contribution in [0.25, 0.3) is 0 Å². The summed E-state index contributed by atoms with van der Waals surface area (Å²) in [4.78, 5) is 4.42. The topological polar surface area (TPSA) is 38.1 Å². The zero-order valence-electron chi connectivity index (χ0n) is 12.2. The van der Waals surface area contributed by atoms with Gasteiger partial charge in [-0.2, -0.15) is 0 Å². The van der Waals surface area contributed by atoms with E-state index in [1.807, 2.05) is 0 Å². The van der Waals surface area contributed by atoms with Crippen LogP contribution in [0, 0.1) is 0 Å². The molecule has 3 nitrogen and oxygen atoms in total. The van der Waals surface area contributed by atoms with Gasteiger partial charge in [-0.25, -0.2) is 4.98 Å². The number of rotatable bonds is 5. The first kappa shape index (κ1) is 13.4. The molecule has 3 heteroatoms. The summed E-state index contributed by atoms with van der Waals surface area (Å²) >= 11 is 0. The van der Waals surface area contributed by atoms with Gasteiger partial charge in [0.05, 0.1) is 5.69 Å². The van der Waals surface area contributed by atoms with Gasteiger partial charge in [0.25, 0.3) is 0 Å². The molecule has 106 valence electrons. The van der Waals surface area contributed by atoms with Crippen LogP contribution in [0.4, 0.5) is 0 Å². The Labute approximate surface area is 120 Å². The number of hydrogen-bond acceptors (Lipinski definition) is 3. The Bertz CT molecular complexity index is 555. The van der Waals surface area contributed by atoms with Crippen LogP contribution in [0.3, 0.4) is 0 Å². The Hall–Kier alpha value is -1.61. The second-order valence-corrected chi connectivity index (χ2v) is 6.00. The van der Waals surface area contributed by atoms with Crippen molar-refractivity contribution in [3.05, 3.63) is 53.7 Å². The summed E-state index contributed by atoms with van der Waals surface area (Å²) in [5, 5.41) is 3.58. The molecule has 1 fully saturated rings. The molecule has 3 rings (SSSR count). The maximum atomic E-state index is 5.36. The Kier molecular flexibility index (Phi) is 3.62. The molecule has 0 amide bonds.